The first kappa shape index (κ1) is 25.5. The average Bonchev–Trinajstić information content (AvgIpc) is 3.50. The third-order valence-corrected chi connectivity index (χ3v) is 5.58. The summed E-state index contributed by atoms with van der Waals surface area (Å²) in [7, 11) is 0. The number of alkyl halides is 3. The largest absolute Gasteiger partial charge is 0.492 e. The molecular weight excluding hydrogens is 457 g/mol. The smallest absolute Gasteiger partial charge is 0.490 e. The molecule has 0 bridgehead atoms. The Balaban J connectivity index is 0.000000406. The van der Waals surface area contributed by atoms with E-state index in [2.05, 4.69) is 10.1 Å². The van der Waals surface area contributed by atoms with Gasteiger partial charge in [-0.25, -0.2) is 4.79 Å². The van der Waals surface area contributed by atoms with Crippen molar-refractivity contribution in [3.63, 3.8) is 0 Å². The number of pyridine rings is 1. The van der Waals surface area contributed by atoms with Crippen molar-refractivity contribution in [3.8, 4) is 5.75 Å². The molecule has 1 fully saturated rings. The number of hydrogen-bond acceptors (Lipinski definition) is 6. The van der Waals surface area contributed by atoms with Gasteiger partial charge in [0.05, 0.1) is 37.2 Å². The Morgan fingerprint density at radius 3 is 2.56 bits per heavy atom. The number of nitrogens with zero attached hydrogens (tertiary/aromatic N) is 4. The van der Waals surface area contributed by atoms with Gasteiger partial charge in [0.25, 0.3) is 0 Å². The van der Waals surface area contributed by atoms with Crippen LogP contribution in [0.4, 0.5) is 13.2 Å². The van der Waals surface area contributed by atoms with Gasteiger partial charge in [0.1, 0.15) is 12.4 Å². The highest BCUT2D eigenvalue weighted by atomic mass is 19.4. The zero-order valence-electron chi connectivity index (χ0n) is 18.5. The molecule has 0 spiro atoms. The Morgan fingerprint density at radius 2 is 1.91 bits per heavy atom. The van der Waals surface area contributed by atoms with Crippen LogP contribution in [0.2, 0.25) is 0 Å². The lowest BCUT2D eigenvalue weighted by atomic mass is 10.1. The maximum absolute atomic E-state index is 12.7. The lowest BCUT2D eigenvalue weighted by molar-refractivity contribution is -0.192. The minimum Gasteiger partial charge on any atom is -0.492 e. The van der Waals surface area contributed by atoms with Crippen LogP contribution in [0.5, 0.6) is 5.75 Å². The summed E-state index contributed by atoms with van der Waals surface area (Å²) in [5.74, 6) is -1.94. The van der Waals surface area contributed by atoms with Gasteiger partial charge in [0, 0.05) is 25.4 Å². The number of amides is 1. The highest BCUT2D eigenvalue weighted by Crippen LogP contribution is 2.25. The second kappa shape index (κ2) is 11.8. The van der Waals surface area contributed by atoms with Crippen LogP contribution in [0.15, 0.2) is 36.8 Å². The Hall–Kier alpha value is -3.15. The number of hydrogen-bond donors (Lipinski definition) is 1. The van der Waals surface area contributed by atoms with Crippen LogP contribution in [0, 0.1) is 0 Å². The zero-order valence-corrected chi connectivity index (χ0v) is 18.5. The van der Waals surface area contributed by atoms with E-state index in [4.69, 9.17) is 19.4 Å². The van der Waals surface area contributed by atoms with Crippen LogP contribution in [0.25, 0.3) is 0 Å². The lowest BCUT2D eigenvalue weighted by Gasteiger charge is -2.34. The first-order valence-electron chi connectivity index (χ1n) is 11.0. The number of halogens is 3. The number of fused-ring (bicyclic) bond motifs is 1. The van der Waals surface area contributed by atoms with E-state index in [0.29, 0.717) is 19.7 Å². The van der Waals surface area contributed by atoms with Crippen LogP contribution in [0.3, 0.4) is 0 Å². The molecule has 1 amide bonds. The molecule has 34 heavy (non-hydrogen) atoms. The number of carbonyl (C=O) groups excluding carboxylic acids is 1. The Morgan fingerprint density at radius 1 is 1.18 bits per heavy atom. The van der Waals surface area contributed by atoms with Gasteiger partial charge < -0.3 is 19.5 Å². The van der Waals surface area contributed by atoms with Crippen molar-refractivity contribution in [2.24, 2.45) is 0 Å². The maximum atomic E-state index is 12.7. The van der Waals surface area contributed by atoms with Gasteiger partial charge in [-0.2, -0.15) is 18.3 Å². The quantitative estimate of drug-likeness (QED) is 0.643. The molecule has 4 rings (SSSR count). The van der Waals surface area contributed by atoms with Gasteiger partial charge in [-0.1, -0.05) is 12.8 Å². The molecule has 2 aromatic rings. The topological polar surface area (TPSA) is 107 Å². The highest BCUT2D eigenvalue weighted by molar-refractivity contribution is 5.77. The van der Waals surface area contributed by atoms with Gasteiger partial charge >= 0.3 is 12.1 Å². The summed E-state index contributed by atoms with van der Waals surface area (Å²) in [6.45, 7) is 1.96. The van der Waals surface area contributed by atoms with Crippen molar-refractivity contribution in [1.29, 1.82) is 0 Å². The van der Waals surface area contributed by atoms with E-state index in [9.17, 15) is 18.0 Å². The summed E-state index contributed by atoms with van der Waals surface area (Å²) in [6.07, 6.45) is 5.75. The molecule has 1 unspecified atom stereocenters. The molecule has 3 heterocycles. The fourth-order valence-corrected chi connectivity index (χ4v) is 3.87. The van der Waals surface area contributed by atoms with Crippen molar-refractivity contribution in [2.75, 3.05) is 19.8 Å². The highest BCUT2D eigenvalue weighted by Gasteiger charge is 2.38. The van der Waals surface area contributed by atoms with Gasteiger partial charge in [-0.3, -0.25) is 14.5 Å². The van der Waals surface area contributed by atoms with Gasteiger partial charge in [-0.05, 0) is 31.0 Å². The number of carbonyl (C=O) groups is 2. The predicted octanol–water partition coefficient (Wildman–Crippen LogP) is 3.22. The SMILES string of the molecule is O=C(COC1CCCC1)N1Cc2ccnn2C(CCOc2cccnc2)C1.O=C(O)C(F)(F)F. The Labute approximate surface area is 194 Å². The molecule has 0 aromatic carbocycles. The molecule has 1 aliphatic heterocycles. The average molecular weight is 484 g/mol. The minimum atomic E-state index is -5.08. The number of rotatable bonds is 7. The van der Waals surface area contributed by atoms with E-state index in [1.165, 1.54) is 12.8 Å². The number of carboxylic acid groups (broad SMARTS) is 1. The molecule has 9 nitrogen and oxygen atoms in total. The van der Waals surface area contributed by atoms with E-state index < -0.39 is 12.1 Å². The molecular formula is C22H27F3N4O5. The Kier molecular flexibility index (Phi) is 8.85. The summed E-state index contributed by atoms with van der Waals surface area (Å²) in [5.41, 5.74) is 1.06. The summed E-state index contributed by atoms with van der Waals surface area (Å²) >= 11 is 0. The molecule has 186 valence electrons. The molecule has 1 atom stereocenters. The number of carboxylic acids is 1. The monoisotopic (exact) mass is 484 g/mol. The van der Waals surface area contributed by atoms with Gasteiger partial charge in [0.15, 0.2) is 0 Å². The van der Waals surface area contributed by atoms with Crippen LogP contribution in [-0.2, 0) is 20.9 Å². The standard InChI is InChI=1S/C20H26N4O3.C2HF3O2/c25-20(15-27-18-4-1-2-5-18)23-13-16-7-10-22-24(16)17(14-23)8-11-26-19-6-3-9-21-12-19;3-2(4,5)1(6)7/h3,6-7,9-10,12,17-18H,1-2,4-5,8,11,13-15H2;(H,6,7). The summed E-state index contributed by atoms with van der Waals surface area (Å²) < 4.78 is 45.4. The zero-order chi connectivity index (χ0) is 24.6. The van der Waals surface area contributed by atoms with E-state index >= 15 is 0 Å². The predicted molar refractivity (Wildman–Crippen MR) is 113 cm³/mol. The first-order chi connectivity index (χ1) is 16.2. The molecule has 1 saturated carbocycles. The normalized spacial score (nSPS) is 18.1. The van der Waals surface area contributed by atoms with Crippen molar-refractivity contribution in [3.05, 3.63) is 42.5 Å². The second-order valence-electron chi connectivity index (χ2n) is 8.04. The molecule has 1 aliphatic carbocycles. The molecule has 1 N–H and O–H groups in total. The van der Waals surface area contributed by atoms with Crippen LogP contribution in [0.1, 0.15) is 43.8 Å². The van der Waals surface area contributed by atoms with Crippen molar-refractivity contribution in [2.45, 2.75) is 57.0 Å². The number of aromatic nitrogens is 3. The molecule has 0 saturated heterocycles. The van der Waals surface area contributed by atoms with E-state index in [0.717, 1.165) is 30.7 Å². The first-order valence-corrected chi connectivity index (χ1v) is 11.0. The van der Waals surface area contributed by atoms with Gasteiger partial charge in [-0.15, -0.1) is 0 Å². The summed E-state index contributed by atoms with van der Waals surface area (Å²) in [4.78, 5) is 27.5. The Bertz CT molecular complexity index is 932. The van der Waals surface area contributed by atoms with Crippen molar-refractivity contribution >= 4 is 11.9 Å². The van der Waals surface area contributed by atoms with Crippen molar-refractivity contribution in [1.82, 2.24) is 19.7 Å². The molecule has 12 heteroatoms. The molecule has 0 radical (unpaired) electrons. The molecule has 2 aromatic heterocycles. The maximum Gasteiger partial charge on any atom is 0.490 e. The molecule has 2 aliphatic rings. The van der Waals surface area contributed by atoms with E-state index in [-0.39, 0.29) is 24.7 Å². The van der Waals surface area contributed by atoms with Crippen LogP contribution >= 0.6 is 0 Å². The number of aliphatic carboxylic acids is 1. The third-order valence-electron chi connectivity index (χ3n) is 5.58. The third kappa shape index (κ3) is 7.44. The number of ether oxygens (including phenoxy) is 2. The lowest BCUT2D eigenvalue weighted by Crippen LogP contribution is -2.43. The fraction of sp³-hybridized carbons (Fsp3) is 0.545. The van der Waals surface area contributed by atoms with Gasteiger partial charge in [0.2, 0.25) is 5.91 Å². The fourth-order valence-electron chi connectivity index (χ4n) is 3.87. The van der Waals surface area contributed by atoms with Crippen LogP contribution < -0.4 is 4.74 Å². The second-order valence-corrected chi connectivity index (χ2v) is 8.04. The van der Waals surface area contributed by atoms with Crippen molar-refractivity contribution < 1.29 is 37.3 Å². The summed E-state index contributed by atoms with van der Waals surface area (Å²) in [5, 5.41) is 11.6. The van der Waals surface area contributed by atoms with Crippen LogP contribution in [-0.4, -0.2) is 68.7 Å². The minimum absolute atomic E-state index is 0.0625. The van der Waals surface area contributed by atoms with E-state index in [1.807, 2.05) is 27.8 Å². The summed E-state index contributed by atoms with van der Waals surface area (Å²) in [6, 6.07) is 5.83. The van der Waals surface area contributed by atoms with E-state index in [1.54, 1.807) is 18.6 Å².